The van der Waals surface area contributed by atoms with Gasteiger partial charge in [-0.25, -0.2) is 9.67 Å². The minimum absolute atomic E-state index is 0.0464. The van der Waals surface area contributed by atoms with Crippen molar-refractivity contribution >= 4 is 28.9 Å². The van der Waals surface area contributed by atoms with Crippen molar-refractivity contribution in [2.24, 2.45) is 0 Å². The van der Waals surface area contributed by atoms with Crippen molar-refractivity contribution in [1.82, 2.24) is 14.8 Å². The Hall–Kier alpha value is -3.30. The first-order valence-electron chi connectivity index (χ1n) is 11.3. The molecule has 0 saturated carbocycles. The van der Waals surface area contributed by atoms with Gasteiger partial charge in [-0.2, -0.15) is 0 Å². The smallest absolute Gasteiger partial charge is 0.295 e. The number of carbonyl (C=O) groups is 1. The van der Waals surface area contributed by atoms with Gasteiger partial charge in [-0.1, -0.05) is 11.6 Å². The second-order valence-electron chi connectivity index (χ2n) is 7.61. The van der Waals surface area contributed by atoms with Crippen molar-refractivity contribution in [3.63, 3.8) is 0 Å². The molecule has 0 spiro atoms. The molecule has 0 unspecified atom stereocenters. The Bertz CT molecular complexity index is 1140. The second-order valence-corrected chi connectivity index (χ2v) is 8.04. The lowest BCUT2D eigenvalue weighted by Crippen LogP contribution is -2.36. The molecule has 34 heavy (non-hydrogen) atoms. The van der Waals surface area contributed by atoms with Crippen LogP contribution in [0.3, 0.4) is 0 Å². The normalized spacial score (nSPS) is 13.6. The van der Waals surface area contributed by atoms with Gasteiger partial charge in [0.05, 0.1) is 43.5 Å². The third-order valence-corrected chi connectivity index (χ3v) is 5.56. The van der Waals surface area contributed by atoms with E-state index >= 15 is 0 Å². The van der Waals surface area contributed by atoms with Crippen molar-refractivity contribution in [2.45, 2.75) is 20.8 Å². The molecule has 0 bridgehead atoms. The van der Waals surface area contributed by atoms with E-state index in [0.717, 1.165) is 24.5 Å². The summed E-state index contributed by atoms with van der Waals surface area (Å²) < 4.78 is 18.8. The largest absolute Gasteiger partial charge is 0.492 e. The van der Waals surface area contributed by atoms with E-state index < -0.39 is 5.91 Å². The van der Waals surface area contributed by atoms with Gasteiger partial charge < -0.3 is 24.4 Å². The summed E-state index contributed by atoms with van der Waals surface area (Å²) in [6, 6.07) is 10.9. The van der Waals surface area contributed by atoms with Crippen LogP contribution in [0.2, 0.25) is 5.02 Å². The number of benzene rings is 2. The number of halogens is 1. The zero-order valence-electron chi connectivity index (χ0n) is 19.5. The number of rotatable bonds is 8. The fourth-order valence-electron chi connectivity index (χ4n) is 3.74. The van der Waals surface area contributed by atoms with Gasteiger partial charge in [0.1, 0.15) is 17.3 Å². The van der Waals surface area contributed by atoms with Gasteiger partial charge in [0.15, 0.2) is 0 Å². The molecule has 2 aromatic carbocycles. The molecule has 1 aliphatic rings. The Morgan fingerprint density at radius 1 is 1.09 bits per heavy atom. The molecule has 0 radical (unpaired) electrons. The van der Waals surface area contributed by atoms with Crippen LogP contribution >= 0.6 is 11.6 Å². The van der Waals surface area contributed by atoms with Crippen molar-refractivity contribution in [1.29, 1.82) is 0 Å². The first-order chi connectivity index (χ1) is 16.5. The molecular formula is C24H28ClN5O4. The summed E-state index contributed by atoms with van der Waals surface area (Å²) in [7, 11) is 0. The number of ether oxygens (including phenoxy) is 3. The second kappa shape index (κ2) is 10.8. The van der Waals surface area contributed by atoms with E-state index in [-0.39, 0.29) is 5.82 Å². The van der Waals surface area contributed by atoms with Gasteiger partial charge in [-0.15, -0.1) is 5.10 Å². The maximum absolute atomic E-state index is 13.1. The molecule has 1 aromatic heterocycles. The van der Waals surface area contributed by atoms with Gasteiger partial charge >= 0.3 is 0 Å². The molecule has 9 nitrogen and oxygen atoms in total. The number of carbonyl (C=O) groups excluding carboxylic acids is 1. The zero-order valence-corrected chi connectivity index (χ0v) is 20.3. The number of hydrogen-bond donors (Lipinski definition) is 1. The Kier molecular flexibility index (Phi) is 7.54. The number of morpholine rings is 1. The quantitative estimate of drug-likeness (QED) is 0.513. The molecule has 2 heterocycles. The number of amides is 1. The lowest BCUT2D eigenvalue weighted by Gasteiger charge is -2.31. The van der Waals surface area contributed by atoms with Crippen LogP contribution in [0.4, 0.5) is 11.4 Å². The van der Waals surface area contributed by atoms with Crippen molar-refractivity contribution in [2.75, 3.05) is 49.7 Å². The van der Waals surface area contributed by atoms with Gasteiger partial charge in [-0.05, 0) is 45.0 Å². The molecule has 4 rings (SSSR count). The minimum Gasteiger partial charge on any atom is -0.492 e. The first kappa shape index (κ1) is 23.8. The van der Waals surface area contributed by atoms with E-state index in [2.05, 4.69) is 20.3 Å². The third kappa shape index (κ3) is 5.26. The molecule has 1 aliphatic heterocycles. The topological polar surface area (TPSA) is 90.7 Å². The van der Waals surface area contributed by atoms with Gasteiger partial charge in [0.2, 0.25) is 5.82 Å². The number of anilines is 2. The van der Waals surface area contributed by atoms with E-state index in [1.165, 1.54) is 0 Å². The molecule has 3 aromatic rings. The fourth-order valence-corrected chi connectivity index (χ4v) is 3.86. The Morgan fingerprint density at radius 2 is 1.76 bits per heavy atom. The standard InChI is InChI=1S/C24H28ClN5O4/c1-4-33-21-15-20(29-10-12-32-13-11-29)22(34-5-2)14-19(21)27-24(31)23-26-16(3)30(28-23)18-8-6-17(25)7-9-18/h6-9,14-15H,4-5,10-13H2,1-3H3,(H,27,31). The predicted molar refractivity (Wildman–Crippen MR) is 131 cm³/mol. The SMILES string of the molecule is CCOc1cc(N2CCOCC2)c(OCC)cc1NC(=O)c1nc(C)n(-c2ccc(Cl)cc2)n1. The molecule has 1 amide bonds. The highest BCUT2D eigenvalue weighted by molar-refractivity contribution is 6.30. The number of hydrogen-bond acceptors (Lipinski definition) is 7. The predicted octanol–water partition coefficient (Wildman–Crippen LogP) is 4.12. The van der Waals surface area contributed by atoms with E-state index in [4.69, 9.17) is 25.8 Å². The molecule has 1 fully saturated rings. The number of aromatic nitrogens is 3. The Morgan fingerprint density at radius 3 is 2.44 bits per heavy atom. The summed E-state index contributed by atoms with van der Waals surface area (Å²) in [6.07, 6.45) is 0. The van der Waals surface area contributed by atoms with E-state index in [9.17, 15) is 4.79 Å². The summed E-state index contributed by atoms with van der Waals surface area (Å²) in [6.45, 7) is 9.35. The average Bonchev–Trinajstić information content (AvgIpc) is 3.23. The summed E-state index contributed by atoms with van der Waals surface area (Å²) >= 11 is 5.98. The number of nitrogens with one attached hydrogen (secondary N) is 1. The van der Waals surface area contributed by atoms with Gasteiger partial charge in [-0.3, -0.25) is 4.79 Å². The van der Waals surface area contributed by atoms with Crippen LogP contribution in [0, 0.1) is 6.92 Å². The number of nitrogens with zero attached hydrogens (tertiary/aromatic N) is 4. The summed E-state index contributed by atoms with van der Waals surface area (Å²) in [5, 5.41) is 7.90. The zero-order chi connectivity index (χ0) is 24.1. The van der Waals surface area contributed by atoms with E-state index in [0.29, 0.717) is 54.5 Å². The Labute approximate surface area is 203 Å². The lowest BCUT2D eigenvalue weighted by atomic mass is 10.2. The summed E-state index contributed by atoms with van der Waals surface area (Å²) in [4.78, 5) is 19.6. The minimum atomic E-state index is -0.446. The van der Waals surface area contributed by atoms with E-state index in [1.54, 1.807) is 29.8 Å². The fraction of sp³-hybridized carbons (Fsp3) is 0.375. The first-order valence-corrected chi connectivity index (χ1v) is 11.6. The van der Waals surface area contributed by atoms with Crippen molar-refractivity contribution < 1.29 is 19.0 Å². The molecule has 0 atom stereocenters. The van der Waals surface area contributed by atoms with Crippen LogP contribution in [-0.4, -0.2) is 60.2 Å². The van der Waals surface area contributed by atoms with Crippen LogP contribution in [0.5, 0.6) is 11.5 Å². The molecule has 1 saturated heterocycles. The highest BCUT2D eigenvalue weighted by Crippen LogP contribution is 2.39. The molecule has 180 valence electrons. The third-order valence-electron chi connectivity index (χ3n) is 5.30. The van der Waals surface area contributed by atoms with Crippen LogP contribution in [0.15, 0.2) is 36.4 Å². The van der Waals surface area contributed by atoms with Crippen LogP contribution in [-0.2, 0) is 4.74 Å². The van der Waals surface area contributed by atoms with Crippen LogP contribution in [0.25, 0.3) is 5.69 Å². The average molecular weight is 486 g/mol. The van der Waals surface area contributed by atoms with Crippen molar-refractivity contribution in [3.8, 4) is 17.2 Å². The number of aryl methyl sites for hydroxylation is 1. The van der Waals surface area contributed by atoms with Crippen LogP contribution in [0.1, 0.15) is 30.3 Å². The maximum atomic E-state index is 13.1. The molecule has 1 N–H and O–H groups in total. The Balaban J connectivity index is 1.63. The van der Waals surface area contributed by atoms with E-state index in [1.807, 2.05) is 32.0 Å². The maximum Gasteiger partial charge on any atom is 0.295 e. The molecule has 10 heteroatoms. The summed E-state index contributed by atoms with van der Waals surface area (Å²) in [5.41, 5.74) is 2.16. The van der Waals surface area contributed by atoms with Gasteiger partial charge in [0.25, 0.3) is 5.91 Å². The van der Waals surface area contributed by atoms with Gasteiger partial charge in [0, 0.05) is 30.2 Å². The molecular weight excluding hydrogens is 458 g/mol. The van der Waals surface area contributed by atoms with Crippen molar-refractivity contribution in [3.05, 3.63) is 53.1 Å². The lowest BCUT2D eigenvalue weighted by molar-refractivity contribution is 0.101. The summed E-state index contributed by atoms with van der Waals surface area (Å²) in [5.74, 6) is 1.40. The highest BCUT2D eigenvalue weighted by Gasteiger charge is 2.22. The molecule has 0 aliphatic carbocycles. The highest BCUT2D eigenvalue weighted by atomic mass is 35.5. The van der Waals surface area contributed by atoms with Crippen LogP contribution < -0.4 is 19.7 Å². The monoisotopic (exact) mass is 485 g/mol.